The monoisotopic (exact) mass is 426 g/mol. The summed E-state index contributed by atoms with van der Waals surface area (Å²) >= 11 is 0. The first-order valence-electron chi connectivity index (χ1n) is 10.9. The van der Waals surface area contributed by atoms with E-state index < -0.39 is 0 Å². The zero-order valence-corrected chi connectivity index (χ0v) is 19.1. The van der Waals surface area contributed by atoms with Gasteiger partial charge >= 0.3 is 6.09 Å². The van der Waals surface area contributed by atoms with Crippen molar-refractivity contribution < 1.29 is 14.3 Å². The lowest BCUT2D eigenvalue weighted by molar-refractivity contribution is 0.0569. The van der Waals surface area contributed by atoms with Crippen LogP contribution in [0.2, 0.25) is 0 Å². The fourth-order valence-electron chi connectivity index (χ4n) is 3.87. The average molecular weight is 427 g/mol. The second-order valence-electron chi connectivity index (χ2n) is 8.13. The number of halogens is 1. The number of nitrogens with zero attached hydrogens (tertiary/aromatic N) is 1. The van der Waals surface area contributed by atoms with Crippen molar-refractivity contribution in [1.29, 1.82) is 0 Å². The third-order valence-electron chi connectivity index (χ3n) is 5.33. The molecule has 2 rings (SSSR count). The summed E-state index contributed by atoms with van der Waals surface area (Å²) in [5, 5.41) is 2.90. The van der Waals surface area contributed by atoms with Gasteiger partial charge in [0.05, 0.1) is 12.3 Å². The summed E-state index contributed by atoms with van der Waals surface area (Å²) in [4.78, 5) is 14.8. The maximum absolute atomic E-state index is 12.6. The Morgan fingerprint density at radius 1 is 1.10 bits per heavy atom. The van der Waals surface area contributed by atoms with E-state index in [1.807, 2.05) is 24.3 Å². The molecule has 1 fully saturated rings. The Hall–Kier alpha value is -1.46. The largest absolute Gasteiger partial charge is 0.491 e. The Morgan fingerprint density at radius 2 is 1.86 bits per heavy atom. The van der Waals surface area contributed by atoms with E-state index in [1.54, 1.807) is 0 Å². The van der Waals surface area contributed by atoms with E-state index in [0.717, 1.165) is 32.2 Å². The Labute approximate surface area is 182 Å². The normalized spacial score (nSPS) is 19.2. The highest BCUT2D eigenvalue weighted by Gasteiger charge is 2.27. The molecule has 166 valence electrons. The molecule has 0 aliphatic heterocycles. The van der Waals surface area contributed by atoms with Gasteiger partial charge in [0.25, 0.3) is 0 Å². The first-order valence-corrected chi connectivity index (χ1v) is 10.9. The van der Waals surface area contributed by atoms with Crippen molar-refractivity contribution >= 4 is 24.2 Å². The zero-order valence-electron chi connectivity index (χ0n) is 18.3. The van der Waals surface area contributed by atoms with E-state index in [9.17, 15) is 4.79 Å². The van der Waals surface area contributed by atoms with Crippen molar-refractivity contribution in [2.75, 3.05) is 32.6 Å². The van der Waals surface area contributed by atoms with Gasteiger partial charge in [0.1, 0.15) is 11.9 Å². The minimum atomic E-state index is -0.377. The fraction of sp³-hybridized carbons (Fsp3) is 0.696. The van der Waals surface area contributed by atoms with E-state index in [0.29, 0.717) is 24.0 Å². The van der Waals surface area contributed by atoms with Crippen LogP contribution in [0, 0.1) is 5.92 Å². The zero-order chi connectivity index (χ0) is 20.2. The molecule has 1 aliphatic carbocycles. The molecule has 1 aromatic carbocycles. The van der Waals surface area contributed by atoms with Crippen LogP contribution < -0.4 is 10.1 Å². The maximum Gasteiger partial charge on any atom is 0.412 e. The molecule has 0 aromatic heterocycles. The molecule has 29 heavy (non-hydrogen) atoms. The Morgan fingerprint density at radius 3 is 2.62 bits per heavy atom. The highest BCUT2D eigenvalue weighted by Crippen LogP contribution is 2.28. The molecule has 1 amide bonds. The van der Waals surface area contributed by atoms with Crippen molar-refractivity contribution in [3.63, 3.8) is 0 Å². The number of carbonyl (C=O) groups excluding carboxylic acids is 1. The molecular formula is C23H39ClN2O3. The Bertz CT molecular complexity index is 583. The molecule has 5 nitrogen and oxygen atoms in total. The molecule has 0 heterocycles. The summed E-state index contributed by atoms with van der Waals surface area (Å²) in [5.74, 6) is 1.11. The lowest BCUT2D eigenvalue weighted by Gasteiger charge is -2.27. The van der Waals surface area contributed by atoms with Gasteiger partial charge < -0.3 is 14.4 Å². The minimum absolute atomic E-state index is 0. The van der Waals surface area contributed by atoms with Crippen molar-refractivity contribution in [1.82, 2.24) is 4.90 Å². The van der Waals surface area contributed by atoms with E-state index in [2.05, 4.69) is 31.2 Å². The van der Waals surface area contributed by atoms with Crippen LogP contribution in [-0.2, 0) is 4.74 Å². The summed E-state index contributed by atoms with van der Waals surface area (Å²) in [5.41, 5.74) is 0.681. The Kier molecular flexibility index (Phi) is 12.8. The van der Waals surface area contributed by atoms with Gasteiger partial charge in [-0.1, -0.05) is 51.2 Å². The van der Waals surface area contributed by atoms with Gasteiger partial charge in [0, 0.05) is 12.5 Å². The predicted octanol–water partition coefficient (Wildman–Crippen LogP) is 6.13. The summed E-state index contributed by atoms with van der Waals surface area (Å²) in [6.45, 7) is 3.82. The number of rotatable bonds is 10. The van der Waals surface area contributed by atoms with Crippen molar-refractivity contribution in [3.8, 4) is 5.75 Å². The molecule has 0 bridgehead atoms. The number of hydrogen-bond donors (Lipinski definition) is 1. The number of hydrogen-bond acceptors (Lipinski definition) is 4. The highest BCUT2D eigenvalue weighted by molar-refractivity contribution is 5.86. The van der Waals surface area contributed by atoms with E-state index in [-0.39, 0.29) is 24.6 Å². The third kappa shape index (κ3) is 9.72. The Balaban J connectivity index is 0.00000420. The molecule has 1 saturated carbocycles. The molecule has 1 aliphatic rings. The smallest absolute Gasteiger partial charge is 0.412 e. The van der Waals surface area contributed by atoms with Crippen LogP contribution in [0.1, 0.15) is 64.7 Å². The molecule has 1 aromatic rings. The molecule has 6 heteroatoms. The van der Waals surface area contributed by atoms with Crippen LogP contribution in [0.5, 0.6) is 5.75 Å². The van der Waals surface area contributed by atoms with Gasteiger partial charge in [-0.05, 0) is 51.9 Å². The summed E-state index contributed by atoms with van der Waals surface area (Å²) in [6, 6.07) is 7.60. The number of nitrogens with one attached hydrogen (secondary N) is 1. The lowest BCUT2D eigenvalue weighted by atomic mass is 9.97. The third-order valence-corrected chi connectivity index (χ3v) is 5.33. The van der Waals surface area contributed by atoms with Gasteiger partial charge in [-0.2, -0.15) is 0 Å². The van der Waals surface area contributed by atoms with Gasteiger partial charge in [0.2, 0.25) is 0 Å². The second kappa shape index (κ2) is 14.5. The SMILES string of the molecule is CCCCCCOc1ccccc1NC(=O)O[C@@H]1CCCCC[C@@H]1CN(C)C.Cl. The van der Waals surface area contributed by atoms with Crippen molar-refractivity contribution in [2.45, 2.75) is 70.8 Å². The molecule has 0 saturated heterocycles. The molecular weight excluding hydrogens is 388 g/mol. The maximum atomic E-state index is 12.6. The van der Waals surface area contributed by atoms with Gasteiger partial charge in [-0.25, -0.2) is 4.79 Å². The topological polar surface area (TPSA) is 50.8 Å². The van der Waals surface area contributed by atoms with Crippen LogP contribution in [0.4, 0.5) is 10.5 Å². The first kappa shape index (κ1) is 25.6. The number of para-hydroxylation sites is 2. The number of amides is 1. The molecule has 0 radical (unpaired) electrons. The molecule has 1 N–H and O–H groups in total. The minimum Gasteiger partial charge on any atom is -0.491 e. The first-order chi connectivity index (χ1) is 13.6. The van der Waals surface area contributed by atoms with E-state index in [1.165, 1.54) is 32.1 Å². The summed E-state index contributed by atoms with van der Waals surface area (Å²) in [6.07, 6.45) is 9.86. The highest BCUT2D eigenvalue weighted by atomic mass is 35.5. The lowest BCUT2D eigenvalue weighted by Crippen LogP contribution is -2.34. The van der Waals surface area contributed by atoms with Crippen molar-refractivity contribution in [2.24, 2.45) is 5.92 Å². The van der Waals surface area contributed by atoms with Crippen LogP contribution >= 0.6 is 12.4 Å². The summed E-state index contributed by atoms with van der Waals surface area (Å²) in [7, 11) is 4.16. The standard InChI is InChI=1S/C23H38N2O3.ClH/c1-4-5-6-12-17-27-22-16-11-10-14-20(22)24-23(26)28-21-15-9-7-8-13-19(21)18-25(2)3;/h10-11,14,16,19,21H,4-9,12-13,15,17-18H2,1-3H3,(H,24,26);1H/t19-,21-;/m1./s1. The number of unbranched alkanes of at least 4 members (excludes halogenated alkanes) is 3. The molecule has 0 spiro atoms. The van der Waals surface area contributed by atoms with E-state index >= 15 is 0 Å². The van der Waals surface area contributed by atoms with Crippen LogP contribution in [0.3, 0.4) is 0 Å². The predicted molar refractivity (Wildman–Crippen MR) is 122 cm³/mol. The second-order valence-corrected chi connectivity index (χ2v) is 8.13. The van der Waals surface area contributed by atoms with Crippen molar-refractivity contribution in [3.05, 3.63) is 24.3 Å². The van der Waals surface area contributed by atoms with Crippen LogP contribution in [0.25, 0.3) is 0 Å². The molecule has 0 unspecified atom stereocenters. The number of carbonyl (C=O) groups is 1. The number of benzene rings is 1. The average Bonchev–Trinajstić information content (AvgIpc) is 2.87. The molecule has 2 atom stereocenters. The quantitative estimate of drug-likeness (QED) is 0.361. The number of anilines is 1. The van der Waals surface area contributed by atoms with Gasteiger partial charge in [-0.3, -0.25) is 5.32 Å². The van der Waals surface area contributed by atoms with E-state index in [4.69, 9.17) is 9.47 Å². The van der Waals surface area contributed by atoms with Gasteiger partial charge in [0.15, 0.2) is 0 Å². The fourth-order valence-corrected chi connectivity index (χ4v) is 3.87. The summed E-state index contributed by atoms with van der Waals surface area (Å²) < 4.78 is 11.8. The van der Waals surface area contributed by atoms with Gasteiger partial charge in [-0.15, -0.1) is 12.4 Å². The number of ether oxygens (including phenoxy) is 2. The van der Waals surface area contributed by atoms with Crippen LogP contribution in [0.15, 0.2) is 24.3 Å². The van der Waals surface area contributed by atoms with Crippen LogP contribution in [-0.4, -0.2) is 44.3 Å².